The maximum atomic E-state index is 11.8. The molecular weight excluding hydrogens is 243 g/mol. The Morgan fingerprint density at radius 1 is 1.31 bits per heavy atom. The zero-order chi connectivity index (χ0) is 12.8. The Kier molecular flexibility index (Phi) is 6.18. The highest BCUT2D eigenvalue weighted by molar-refractivity contribution is 6.30. The van der Waals surface area contributed by atoms with E-state index in [0.29, 0.717) is 5.69 Å². The zero-order valence-corrected chi connectivity index (χ0v) is 9.99. The highest BCUT2D eigenvalue weighted by Crippen LogP contribution is 2.24. The maximum Gasteiger partial charge on any atom is 0.422 e. The Labute approximate surface area is 97.4 Å². The van der Waals surface area contributed by atoms with E-state index >= 15 is 0 Å². The van der Waals surface area contributed by atoms with Crippen molar-refractivity contribution in [1.82, 2.24) is 4.98 Å². The van der Waals surface area contributed by atoms with E-state index in [-0.39, 0.29) is 10.9 Å². The van der Waals surface area contributed by atoms with Crippen LogP contribution in [0.1, 0.15) is 19.5 Å². The predicted octanol–water partition coefficient (Wildman–Crippen LogP) is 4.01. The molecule has 0 radical (unpaired) electrons. The summed E-state index contributed by atoms with van der Waals surface area (Å²) in [5.74, 6) is -0.0606. The summed E-state index contributed by atoms with van der Waals surface area (Å²) < 4.78 is 39.7. The van der Waals surface area contributed by atoms with Gasteiger partial charge in [-0.2, -0.15) is 13.2 Å². The number of hydrogen-bond acceptors (Lipinski definition) is 2. The van der Waals surface area contributed by atoms with Crippen molar-refractivity contribution in [2.75, 3.05) is 6.61 Å². The van der Waals surface area contributed by atoms with Gasteiger partial charge in [0.1, 0.15) is 0 Å². The van der Waals surface area contributed by atoms with Crippen LogP contribution in [-0.4, -0.2) is 17.8 Å². The number of aryl methyl sites for hydroxylation is 1. The number of alkyl halides is 3. The van der Waals surface area contributed by atoms with E-state index in [1.54, 1.807) is 6.92 Å². The lowest BCUT2D eigenvalue weighted by atomic mass is 10.4. The van der Waals surface area contributed by atoms with E-state index in [2.05, 4.69) is 9.72 Å². The Hall–Kier alpha value is -0.970. The van der Waals surface area contributed by atoms with Gasteiger partial charge in [0.25, 0.3) is 0 Å². The van der Waals surface area contributed by atoms with Crippen LogP contribution in [0.2, 0.25) is 5.15 Å². The first kappa shape index (κ1) is 15.0. The number of pyridine rings is 1. The monoisotopic (exact) mass is 255 g/mol. The predicted molar refractivity (Wildman–Crippen MR) is 56.9 cm³/mol. The van der Waals surface area contributed by atoms with Crippen molar-refractivity contribution in [3.8, 4) is 5.75 Å². The number of hydrogen-bond donors (Lipinski definition) is 0. The molecule has 0 saturated carbocycles. The lowest BCUT2D eigenvalue weighted by Gasteiger charge is -2.09. The van der Waals surface area contributed by atoms with Crippen molar-refractivity contribution in [3.05, 3.63) is 23.0 Å². The first-order valence-electron chi connectivity index (χ1n) is 4.71. The van der Waals surface area contributed by atoms with Gasteiger partial charge in [0, 0.05) is 5.69 Å². The molecule has 0 amide bonds. The van der Waals surface area contributed by atoms with Crippen molar-refractivity contribution >= 4 is 11.6 Å². The molecule has 0 N–H and O–H groups in total. The number of ether oxygens (including phenoxy) is 1. The Bertz CT molecular complexity index is 328. The average molecular weight is 256 g/mol. The Morgan fingerprint density at radius 2 is 1.88 bits per heavy atom. The molecule has 16 heavy (non-hydrogen) atoms. The molecule has 6 heteroatoms. The average Bonchev–Trinajstić information content (AvgIpc) is 2.18. The van der Waals surface area contributed by atoms with Crippen LogP contribution in [-0.2, 0) is 0 Å². The Morgan fingerprint density at radius 3 is 2.31 bits per heavy atom. The second kappa shape index (κ2) is 6.58. The molecule has 0 bridgehead atoms. The third-order valence-corrected chi connectivity index (χ3v) is 1.62. The summed E-state index contributed by atoms with van der Waals surface area (Å²) in [6, 6.07) is 2.88. The standard InChI is InChI=1S/C8H7ClF3NO.C2H6/c1-5-2-3-6(7(9)13-5)14-4-8(10,11)12;1-2/h2-3H,4H2,1H3;1-2H3. The minimum absolute atomic E-state index is 0.0606. The molecule has 92 valence electrons. The molecule has 1 aromatic rings. The minimum atomic E-state index is -4.37. The van der Waals surface area contributed by atoms with Crippen LogP contribution in [0.15, 0.2) is 12.1 Å². The molecule has 0 saturated heterocycles. The van der Waals surface area contributed by atoms with E-state index < -0.39 is 12.8 Å². The fraction of sp³-hybridized carbons (Fsp3) is 0.500. The number of halogens is 4. The number of rotatable bonds is 2. The first-order valence-corrected chi connectivity index (χ1v) is 5.09. The topological polar surface area (TPSA) is 22.1 Å². The summed E-state index contributed by atoms with van der Waals surface area (Å²) in [5, 5.41) is -0.0609. The normalized spacial score (nSPS) is 10.4. The summed E-state index contributed by atoms with van der Waals surface area (Å²) in [6.45, 7) is 4.32. The van der Waals surface area contributed by atoms with Gasteiger partial charge in [-0.15, -0.1) is 0 Å². The fourth-order valence-electron chi connectivity index (χ4n) is 0.779. The molecule has 0 aliphatic carbocycles. The van der Waals surface area contributed by atoms with Crippen molar-refractivity contribution in [1.29, 1.82) is 0 Å². The van der Waals surface area contributed by atoms with Crippen LogP contribution in [0.3, 0.4) is 0 Å². The second-order valence-corrected chi connectivity index (χ2v) is 3.00. The molecule has 1 rings (SSSR count). The summed E-state index contributed by atoms with van der Waals surface area (Å²) >= 11 is 5.55. The van der Waals surface area contributed by atoms with Gasteiger partial charge in [-0.1, -0.05) is 25.4 Å². The van der Waals surface area contributed by atoms with E-state index in [9.17, 15) is 13.2 Å². The largest absolute Gasteiger partial charge is 0.481 e. The lowest BCUT2D eigenvalue weighted by molar-refractivity contribution is -0.153. The zero-order valence-electron chi connectivity index (χ0n) is 9.23. The molecular formula is C10H13ClF3NO. The van der Waals surface area contributed by atoms with Gasteiger partial charge >= 0.3 is 6.18 Å². The fourth-order valence-corrected chi connectivity index (χ4v) is 1.03. The molecule has 0 unspecified atom stereocenters. The summed E-state index contributed by atoms with van der Waals surface area (Å²) in [5.41, 5.74) is 0.620. The number of aromatic nitrogens is 1. The van der Waals surface area contributed by atoms with Crippen molar-refractivity contribution in [3.63, 3.8) is 0 Å². The van der Waals surface area contributed by atoms with Gasteiger partial charge < -0.3 is 4.74 Å². The van der Waals surface area contributed by atoms with Gasteiger partial charge in [-0.05, 0) is 19.1 Å². The molecule has 0 atom stereocenters. The molecule has 0 spiro atoms. The van der Waals surface area contributed by atoms with E-state index in [4.69, 9.17) is 11.6 Å². The van der Waals surface area contributed by atoms with Gasteiger partial charge in [-0.3, -0.25) is 0 Å². The molecule has 0 aliphatic rings. The van der Waals surface area contributed by atoms with Crippen LogP contribution >= 0.6 is 11.6 Å². The SMILES string of the molecule is CC.Cc1ccc(OCC(F)(F)F)c(Cl)n1. The van der Waals surface area contributed by atoms with Crippen molar-refractivity contribution in [2.24, 2.45) is 0 Å². The van der Waals surface area contributed by atoms with Gasteiger partial charge in [0.2, 0.25) is 0 Å². The first-order chi connectivity index (χ1) is 7.38. The third kappa shape index (κ3) is 5.80. The van der Waals surface area contributed by atoms with Crippen molar-refractivity contribution < 1.29 is 17.9 Å². The Balaban J connectivity index is 0.00000106. The minimum Gasteiger partial charge on any atom is -0.481 e. The highest BCUT2D eigenvalue weighted by atomic mass is 35.5. The molecule has 1 heterocycles. The van der Waals surface area contributed by atoms with E-state index in [1.807, 2.05) is 13.8 Å². The van der Waals surface area contributed by atoms with E-state index in [0.717, 1.165) is 0 Å². The smallest absolute Gasteiger partial charge is 0.422 e. The lowest BCUT2D eigenvalue weighted by Crippen LogP contribution is -2.19. The van der Waals surface area contributed by atoms with Crippen LogP contribution in [0.4, 0.5) is 13.2 Å². The summed E-state index contributed by atoms with van der Waals surface area (Å²) in [6.07, 6.45) is -4.37. The van der Waals surface area contributed by atoms with Gasteiger partial charge in [0.05, 0.1) is 0 Å². The highest BCUT2D eigenvalue weighted by Gasteiger charge is 2.28. The van der Waals surface area contributed by atoms with E-state index in [1.165, 1.54) is 12.1 Å². The van der Waals surface area contributed by atoms with Gasteiger partial charge in [0.15, 0.2) is 17.5 Å². The summed E-state index contributed by atoms with van der Waals surface area (Å²) in [7, 11) is 0. The molecule has 0 fully saturated rings. The number of nitrogens with zero attached hydrogens (tertiary/aromatic N) is 1. The maximum absolute atomic E-state index is 11.8. The molecule has 0 aliphatic heterocycles. The van der Waals surface area contributed by atoms with Crippen molar-refractivity contribution in [2.45, 2.75) is 26.9 Å². The molecule has 0 aromatic carbocycles. The van der Waals surface area contributed by atoms with Crippen LogP contribution in [0.25, 0.3) is 0 Å². The van der Waals surface area contributed by atoms with Crippen LogP contribution < -0.4 is 4.74 Å². The third-order valence-electron chi connectivity index (χ3n) is 1.35. The quantitative estimate of drug-likeness (QED) is 0.745. The summed E-state index contributed by atoms with van der Waals surface area (Å²) in [4.78, 5) is 3.75. The molecule has 2 nitrogen and oxygen atoms in total. The van der Waals surface area contributed by atoms with Crippen LogP contribution in [0, 0.1) is 6.92 Å². The van der Waals surface area contributed by atoms with Crippen LogP contribution in [0.5, 0.6) is 5.75 Å². The molecule has 1 aromatic heterocycles. The van der Waals surface area contributed by atoms with Gasteiger partial charge in [-0.25, -0.2) is 4.98 Å². The second-order valence-electron chi connectivity index (χ2n) is 2.65.